The lowest BCUT2D eigenvalue weighted by molar-refractivity contribution is -0.137. The number of anilines is 1. The Balaban J connectivity index is 1.57. The maximum Gasteiger partial charge on any atom is 0.416 e. The van der Waals surface area contributed by atoms with Crippen LogP contribution in [0.4, 0.5) is 23.7 Å². The van der Waals surface area contributed by atoms with E-state index in [2.05, 4.69) is 0 Å². The van der Waals surface area contributed by atoms with Crippen LogP contribution < -0.4 is 15.0 Å². The van der Waals surface area contributed by atoms with Gasteiger partial charge < -0.3 is 4.74 Å². The molecule has 0 radical (unpaired) electrons. The fourth-order valence-electron chi connectivity index (χ4n) is 3.53. The fourth-order valence-corrected chi connectivity index (χ4v) is 3.73. The van der Waals surface area contributed by atoms with Gasteiger partial charge in [-0.3, -0.25) is 14.9 Å². The van der Waals surface area contributed by atoms with Gasteiger partial charge in [0.05, 0.1) is 16.3 Å². The number of aryl methyl sites for hydroxylation is 1. The van der Waals surface area contributed by atoms with Gasteiger partial charge in [0, 0.05) is 0 Å². The molecule has 4 amide bonds. The Kier molecular flexibility index (Phi) is 6.85. The predicted molar refractivity (Wildman–Crippen MR) is 127 cm³/mol. The number of halogens is 4. The molecule has 0 atom stereocenters. The maximum absolute atomic E-state index is 13.2. The summed E-state index contributed by atoms with van der Waals surface area (Å²) in [6.45, 7) is 2.32. The first-order valence-corrected chi connectivity index (χ1v) is 11.0. The van der Waals surface area contributed by atoms with E-state index in [-0.39, 0.29) is 5.02 Å². The number of ether oxygens (including phenoxy) is 1. The number of hydrogen-bond donors (Lipinski definition) is 1. The summed E-state index contributed by atoms with van der Waals surface area (Å²) in [4.78, 5) is 38.2. The normalized spacial score (nSPS) is 15.3. The van der Waals surface area contributed by atoms with Crippen molar-refractivity contribution in [1.29, 1.82) is 0 Å². The van der Waals surface area contributed by atoms with E-state index < -0.39 is 40.8 Å². The third-order valence-electron chi connectivity index (χ3n) is 5.30. The van der Waals surface area contributed by atoms with Crippen LogP contribution in [0.2, 0.25) is 5.02 Å². The topological polar surface area (TPSA) is 75.7 Å². The zero-order valence-electron chi connectivity index (χ0n) is 18.7. The van der Waals surface area contributed by atoms with Gasteiger partial charge in [-0.15, -0.1) is 0 Å². The van der Waals surface area contributed by atoms with Gasteiger partial charge in [-0.1, -0.05) is 53.6 Å². The molecule has 36 heavy (non-hydrogen) atoms. The van der Waals surface area contributed by atoms with Crippen molar-refractivity contribution in [3.63, 3.8) is 0 Å². The Bertz CT molecular complexity index is 1380. The van der Waals surface area contributed by atoms with Crippen molar-refractivity contribution in [3.8, 4) is 5.75 Å². The molecular formula is C26H18ClF3N2O4. The highest BCUT2D eigenvalue weighted by atomic mass is 35.5. The Morgan fingerprint density at radius 1 is 1.00 bits per heavy atom. The Hall–Kier alpha value is -4.11. The summed E-state index contributed by atoms with van der Waals surface area (Å²) in [5.41, 5.74) is 0.479. The minimum Gasteiger partial charge on any atom is -0.489 e. The van der Waals surface area contributed by atoms with Crippen LogP contribution in [-0.4, -0.2) is 17.8 Å². The SMILES string of the molecule is Cc1cccc(COc2ccc(/C=C3/C(=O)NC(=O)N(c4cc(C(F)(F)F)ccc4Cl)C3=O)cc2)c1. The quantitative estimate of drug-likeness (QED) is 0.339. The Labute approximate surface area is 208 Å². The van der Waals surface area contributed by atoms with Gasteiger partial charge >= 0.3 is 12.2 Å². The summed E-state index contributed by atoms with van der Waals surface area (Å²) in [7, 11) is 0. The zero-order chi connectivity index (χ0) is 26.0. The van der Waals surface area contributed by atoms with Gasteiger partial charge in [-0.05, 0) is 54.5 Å². The van der Waals surface area contributed by atoms with E-state index in [9.17, 15) is 27.6 Å². The number of carbonyl (C=O) groups is 3. The predicted octanol–water partition coefficient (Wildman–Crippen LogP) is 5.91. The number of rotatable bonds is 5. The van der Waals surface area contributed by atoms with E-state index >= 15 is 0 Å². The number of hydrogen-bond acceptors (Lipinski definition) is 4. The fraction of sp³-hybridized carbons (Fsp3) is 0.115. The van der Waals surface area contributed by atoms with E-state index in [0.29, 0.717) is 28.9 Å². The molecule has 3 aromatic rings. The summed E-state index contributed by atoms with van der Waals surface area (Å²) in [5, 5.41) is 1.69. The summed E-state index contributed by atoms with van der Waals surface area (Å²) >= 11 is 6.00. The molecule has 0 spiro atoms. The number of amides is 4. The lowest BCUT2D eigenvalue weighted by Gasteiger charge is -2.27. The van der Waals surface area contributed by atoms with Crippen LogP contribution in [0.25, 0.3) is 6.08 Å². The van der Waals surface area contributed by atoms with Crippen LogP contribution >= 0.6 is 11.6 Å². The third-order valence-corrected chi connectivity index (χ3v) is 5.61. The van der Waals surface area contributed by atoms with Gasteiger partial charge in [-0.25, -0.2) is 9.69 Å². The first kappa shape index (κ1) is 25.0. The number of urea groups is 1. The van der Waals surface area contributed by atoms with Gasteiger partial charge in [0.25, 0.3) is 11.8 Å². The number of imide groups is 2. The number of carbonyl (C=O) groups excluding carboxylic acids is 3. The molecule has 0 saturated carbocycles. The number of barbiturate groups is 1. The Morgan fingerprint density at radius 3 is 2.39 bits per heavy atom. The van der Waals surface area contributed by atoms with E-state index in [1.54, 1.807) is 24.3 Å². The van der Waals surface area contributed by atoms with Crippen molar-refractivity contribution in [3.05, 3.63) is 99.6 Å². The summed E-state index contributed by atoms with van der Waals surface area (Å²) in [6.07, 6.45) is -3.50. The molecule has 1 heterocycles. The number of alkyl halides is 3. The van der Waals surface area contributed by atoms with Crippen LogP contribution in [0.15, 0.2) is 72.3 Å². The van der Waals surface area contributed by atoms with E-state index in [4.69, 9.17) is 16.3 Å². The number of nitrogens with one attached hydrogen (secondary N) is 1. The molecule has 1 N–H and O–H groups in total. The molecule has 6 nitrogen and oxygen atoms in total. The molecule has 0 aliphatic carbocycles. The summed E-state index contributed by atoms with van der Waals surface area (Å²) < 4.78 is 45.2. The molecule has 1 aliphatic heterocycles. The highest BCUT2D eigenvalue weighted by Gasteiger charge is 2.39. The zero-order valence-corrected chi connectivity index (χ0v) is 19.5. The summed E-state index contributed by atoms with van der Waals surface area (Å²) in [6, 6.07) is 15.3. The highest BCUT2D eigenvalue weighted by Crippen LogP contribution is 2.36. The van der Waals surface area contributed by atoms with Crippen molar-refractivity contribution in [1.82, 2.24) is 5.32 Å². The molecule has 184 valence electrons. The van der Waals surface area contributed by atoms with Gasteiger partial charge in [-0.2, -0.15) is 13.2 Å². The molecule has 4 rings (SSSR count). The molecular weight excluding hydrogens is 497 g/mol. The minimum absolute atomic E-state index is 0.268. The van der Waals surface area contributed by atoms with Crippen molar-refractivity contribution < 1.29 is 32.3 Å². The van der Waals surface area contributed by atoms with Crippen molar-refractivity contribution in [2.24, 2.45) is 0 Å². The monoisotopic (exact) mass is 514 g/mol. The third kappa shape index (κ3) is 5.41. The van der Waals surface area contributed by atoms with Gasteiger partial charge in [0.1, 0.15) is 17.9 Å². The van der Waals surface area contributed by atoms with Crippen molar-refractivity contribution >= 4 is 41.2 Å². The Morgan fingerprint density at radius 2 is 1.72 bits per heavy atom. The van der Waals surface area contributed by atoms with Gasteiger partial charge in [0.2, 0.25) is 0 Å². The molecule has 1 aliphatic rings. The standard InChI is InChI=1S/C26H18ClF3N2O4/c1-15-3-2-4-17(11-15)14-36-19-8-5-16(6-9-19)12-20-23(33)31-25(35)32(24(20)34)22-13-18(26(28,29)30)7-10-21(22)27/h2-13H,14H2,1H3,(H,31,33,35)/b20-12-. The maximum atomic E-state index is 13.2. The second-order valence-corrected chi connectivity index (χ2v) is 8.38. The largest absolute Gasteiger partial charge is 0.489 e. The van der Waals surface area contributed by atoms with E-state index in [1.807, 2.05) is 36.5 Å². The van der Waals surface area contributed by atoms with Crippen LogP contribution in [0, 0.1) is 6.92 Å². The second-order valence-electron chi connectivity index (χ2n) is 7.97. The van der Waals surface area contributed by atoms with Crippen molar-refractivity contribution in [2.45, 2.75) is 19.7 Å². The van der Waals surface area contributed by atoms with Gasteiger partial charge in [0.15, 0.2) is 0 Å². The van der Waals surface area contributed by atoms with E-state index in [1.165, 1.54) is 6.08 Å². The highest BCUT2D eigenvalue weighted by molar-refractivity contribution is 6.42. The van der Waals surface area contributed by atoms with Crippen LogP contribution in [0.1, 0.15) is 22.3 Å². The first-order valence-electron chi connectivity index (χ1n) is 10.6. The lowest BCUT2D eigenvalue weighted by Crippen LogP contribution is -2.54. The van der Waals surface area contributed by atoms with Crippen LogP contribution in [0.5, 0.6) is 5.75 Å². The molecule has 0 unspecified atom stereocenters. The molecule has 1 saturated heterocycles. The first-order chi connectivity index (χ1) is 17.0. The van der Waals surface area contributed by atoms with E-state index in [0.717, 1.165) is 23.3 Å². The molecule has 0 bridgehead atoms. The molecule has 10 heteroatoms. The van der Waals surface area contributed by atoms with Crippen LogP contribution in [0.3, 0.4) is 0 Å². The second kappa shape index (κ2) is 9.87. The molecule has 1 fully saturated rings. The number of benzene rings is 3. The average molecular weight is 515 g/mol. The molecule has 0 aromatic heterocycles. The van der Waals surface area contributed by atoms with Crippen molar-refractivity contribution in [2.75, 3.05) is 4.90 Å². The smallest absolute Gasteiger partial charge is 0.416 e. The average Bonchev–Trinajstić information content (AvgIpc) is 2.81. The molecule has 3 aromatic carbocycles. The van der Waals surface area contributed by atoms with Crippen LogP contribution in [-0.2, 0) is 22.4 Å². The lowest BCUT2D eigenvalue weighted by atomic mass is 10.1. The summed E-state index contributed by atoms with van der Waals surface area (Å²) in [5.74, 6) is -1.54. The minimum atomic E-state index is -4.73. The number of nitrogens with zero attached hydrogens (tertiary/aromatic N) is 1.